The number of aromatic nitrogens is 2. The van der Waals surface area contributed by atoms with E-state index in [1.807, 2.05) is 29.0 Å². The lowest BCUT2D eigenvalue weighted by molar-refractivity contribution is -0.135. The van der Waals surface area contributed by atoms with Crippen molar-refractivity contribution in [1.82, 2.24) is 19.6 Å². The van der Waals surface area contributed by atoms with Crippen molar-refractivity contribution in [1.29, 1.82) is 0 Å². The molecule has 2 fully saturated rings. The highest BCUT2D eigenvalue weighted by Crippen LogP contribution is 2.30. The summed E-state index contributed by atoms with van der Waals surface area (Å²) in [6.45, 7) is 4.00. The van der Waals surface area contributed by atoms with E-state index in [-0.39, 0.29) is 11.8 Å². The maximum atomic E-state index is 12.5. The van der Waals surface area contributed by atoms with Crippen LogP contribution < -0.4 is 0 Å². The van der Waals surface area contributed by atoms with Gasteiger partial charge in [0.25, 0.3) is 0 Å². The molecule has 24 heavy (non-hydrogen) atoms. The molecule has 0 radical (unpaired) electrons. The summed E-state index contributed by atoms with van der Waals surface area (Å²) in [6, 6.07) is 2.18. The van der Waals surface area contributed by atoms with Crippen LogP contribution in [0.25, 0.3) is 6.08 Å². The second-order valence-electron chi connectivity index (χ2n) is 6.82. The minimum Gasteiger partial charge on any atom is -0.340 e. The molecule has 0 aliphatic carbocycles. The summed E-state index contributed by atoms with van der Waals surface area (Å²) >= 11 is 0. The molecule has 130 valence electrons. The van der Waals surface area contributed by atoms with Gasteiger partial charge in [0.2, 0.25) is 11.8 Å². The van der Waals surface area contributed by atoms with Crippen LogP contribution in [-0.2, 0) is 16.6 Å². The summed E-state index contributed by atoms with van der Waals surface area (Å²) in [4.78, 5) is 28.4. The molecule has 2 atom stereocenters. The summed E-state index contributed by atoms with van der Waals surface area (Å²) in [5, 5.41) is 4.10. The van der Waals surface area contributed by atoms with Crippen LogP contribution >= 0.6 is 0 Å². The molecule has 0 unspecified atom stereocenters. The molecule has 1 aromatic rings. The Balaban J connectivity index is 1.65. The van der Waals surface area contributed by atoms with Crippen LogP contribution in [0.1, 0.15) is 38.3 Å². The second-order valence-corrected chi connectivity index (χ2v) is 6.82. The SMILES string of the molecule is CC(=O)N1CCCC[C@H]2CN(C(=O)/C=C/c3ccnn3C)CC[C@H]21. The van der Waals surface area contributed by atoms with Gasteiger partial charge < -0.3 is 9.80 Å². The smallest absolute Gasteiger partial charge is 0.246 e. The Kier molecular flexibility index (Phi) is 5.02. The third kappa shape index (κ3) is 3.52. The van der Waals surface area contributed by atoms with Crippen LogP contribution in [0.4, 0.5) is 0 Å². The predicted octanol–water partition coefficient (Wildman–Crippen LogP) is 1.68. The third-order valence-corrected chi connectivity index (χ3v) is 5.29. The van der Waals surface area contributed by atoms with Gasteiger partial charge in [-0.25, -0.2) is 0 Å². The van der Waals surface area contributed by atoms with Crippen molar-refractivity contribution in [2.75, 3.05) is 19.6 Å². The molecule has 0 aromatic carbocycles. The molecule has 2 aliphatic heterocycles. The Morgan fingerprint density at radius 3 is 2.79 bits per heavy atom. The molecule has 6 heteroatoms. The lowest BCUT2D eigenvalue weighted by atomic mass is 9.88. The maximum Gasteiger partial charge on any atom is 0.246 e. The summed E-state index contributed by atoms with van der Waals surface area (Å²) in [7, 11) is 1.86. The van der Waals surface area contributed by atoms with E-state index >= 15 is 0 Å². The van der Waals surface area contributed by atoms with Gasteiger partial charge in [-0.15, -0.1) is 0 Å². The molecule has 0 spiro atoms. The van der Waals surface area contributed by atoms with E-state index in [0.717, 1.165) is 51.0 Å². The number of amides is 2. The normalized spacial score (nSPS) is 24.8. The maximum absolute atomic E-state index is 12.5. The fourth-order valence-electron chi connectivity index (χ4n) is 3.97. The van der Waals surface area contributed by atoms with Crippen LogP contribution in [0.2, 0.25) is 0 Å². The van der Waals surface area contributed by atoms with E-state index in [2.05, 4.69) is 5.10 Å². The first-order chi connectivity index (χ1) is 11.6. The fourth-order valence-corrected chi connectivity index (χ4v) is 3.97. The van der Waals surface area contributed by atoms with Crippen LogP contribution in [-0.4, -0.2) is 57.1 Å². The number of rotatable bonds is 2. The number of nitrogens with zero attached hydrogens (tertiary/aromatic N) is 4. The first kappa shape index (κ1) is 16.7. The average molecular weight is 330 g/mol. The molecule has 2 aliphatic rings. The average Bonchev–Trinajstić information content (AvgIpc) is 2.85. The largest absolute Gasteiger partial charge is 0.340 e. The highest BCUT2D eigenvalue weighted by molar-refractivity contribution is 5.91. The van der Waals surface area contributed by atoms with Gasteiger partial charge in [-0.3, -0.25) is 14.3 Å². The lowest BCUT2D eigenvalue weighted by Crippen LogP contribution is -2.52. The van der Waals surface area contributed by atoms with Gasteiger partial charge >= 0.3 is 0 Å². The van der Waals surface area contributed by atoms with E-state index in [1.165, 1.54) is 0 Å². The van der Waals surface area contributed by atoms with Gasteiger partial charge in [-0.1, -0.05) is 6.42 Å². The number of carbonyl (C=O) groups excluding carboxylic acids is 2. The zero-order valence-electron chi connectivity index (χ0n) is 14.5. The van der Waals surface area contributed by atoms with Gasteiger partial charge in [0, 0.05) is 51.9 Å². The van der Waals surface area contributed by atoms with Crippen LogP contribution in [0.5, 0.6) is 0 Å². The molecule has 0 bridgehead atoms. The number of hydrogen-bond donors (Lipinski definition) is 0. The Morgan fingerprint density at radius 1 is 1.25 bits per heavy atom. The van der Waals surface area contributed by atoms with Gasteiger partial charge in [0.05, 0.1) is 5.69 Å². The second kappa shape index (κ2) is 7.20. The topological polar surface area (TPSA) is 58.4 Å². The van der Waals surface area contributed by atoms with Crippen molar-refractivity contribution in [3.05, 3.63) is 24.0 Å². The number of aryl methyl sites for hydroxylation is 1. The zero-order valence-corrected chi connectivity index (χ0v) is 14.5. The van der Waals surface area contributed by atoms with Crippen LogP contribution in [0.3, 0.4) is 0 Å². The molecule has 2 amide bonds. The lowest BCUT2D eigenvalue weighted by Gasteiger charge is -2.42. The number of carbonyl (C=O) groups is 2. The quantitative estimate of drug-likeness (QED) is 0.775. The van der Waals surface area contributed by atoms with Crippen LogP contribution in [0.15, 0.2) is 18.3 Å². The van der Waals surface area contributed by atoms with Crippen molar-refractivity contribution < 1.29 is 9.59 Å². The third-order valence-electron chi connectivity index (χ3n) is 5.29. The van der Waals surface area contributed by atoms with Crippen molar-refractivity contribution in [3.63, 3.8) is 0 Å². The molecule has 1 aromatic heterocycles. The van der Waals surface area contributed by atoms with Crippen molar-refractivity contribution >= 4 is 17.9 Å². The highest BCUT2D eigenvalue weighted by Gasteiger charge is 2.36. The fraction of sp³-hybridized carbons (Fsp3) is 0.611. The standard InChI is InChI=1S/C18H26N4O2/c1-14(23)22-11-4-3-5-15-13-21(12-9-17(15)22)18(24)7-6-16-8-10-19-20(16)2/h6-8,10,15,17H,3-5,9,11-13H2,1-2H3/b7-6+/t15-,17+/m0/s1. The molecule has 3 heterocycles. The molecule has 2 saturated heterocycles. The molecule has 0 N–H and O–H groups in total. The van der Waals surface area contributed by atoms with Crippen LogP contribution in [0, 0.1) is 5.92 Å². The Morgan fingerprint density at radius 2 is 2.08 bits per heavy atom. The van der Waals surface area contributed by atoms with E-state index in [0.29, 0.717) is 12.0 Å². The van der Waals surface area contributed by atoms with E-state index < -0.39 is 0 Å². The van der Waals surface area contributed by atoms with Gasteiger partial charge in [0.1, 0.15) is 0 Å². The van der Waals surface area contributed by atoms with Crippen molar-refractivity contribution in [2.45, 2.75) is 38.6 Å². The zero-order chi connectivity index (χ0) is 17.1. The number of likely N-dealkylation sites (tertiary alicyclic amines) is 2. The van der Waals surface area contributed by atoms with E-state index in [9.17, 15) is 9.59 Å². The Bertz CT molecular complexity index is 637. The monoisotopic (exact) mass is 330 g/mol. The molecule has 0 saturated carbocycles. The first-order valence-corrected chi connectivity index (χ1v) is 8.78. The summed E-state index contributed by atoms with van der Waals surface area (Å²) < 4.78 is 1.74. The highest BCUT2D eigenvalue weighted by atomic mass is 16.2. The van der Waals surface area contributed by atoms with Gasteiger partial charge in [-0.2, -0.15) is 5.10 Å². The predicted molar refractivity (Wildman–Crippen MR) is 92.0 cm³/mol. The minimum absolute atomic E-state index is 0.0493. The Labute approximate surface area is 143 Å². The summed E-state index contributed by atoms with van der Waals surface area (Å²) in [5.74, 6) is 0.621. The number of fused-ring (bicyclic) bond motifs is 1. The van der Waals surface area contributed by atoms with E-state index in [4.69, 9.17) is 0 Å². The summed E-state index contributed by atoms with van der Waals surface area (Å²) in [6.07, 6.45) is 9.36. The summed E-state index contributed by atoms with van der Waals surface area (Å²) in [5.41, 5.74) is 0.912. The van der Waals surface area contributed by atoms with E-state index in [1.54, 1.807) is 23.9 Å². The molecule has 6 nitrogen and oxygen atoms in total. The molecule has 3 rings (SSSR count). The van der Waals surface area contributed by atoms with Crippen molar-refractivity contribution in [3.8, 4) is 0 Å². The Hall–Kier alpha value is -2.11. The first-order valence-electron chi connectivity index (χ1n) is 8.78. The minimum atomic E-state index is 0.0493. The molecular weight excluding hydrogens is 304 g/mol. The number of hydrogen-bond acceptors (Lipinski definition) is 3. The van der Waals surface area contributed by atoms with Crippen molar-refractivity contribution in [2.24, 2.45) is 13.0 Å². The van der Waals surface area contributed by atoms with Gasteiger partial charge in [-0.05, 0) is 37.3 Å². The molecular formula is C18H26N4O2. The number of piperidine rings is 1. The van der Waals surface area contributed by atoms with Gasteiger partial charge in [0.15, 0.2) is 0 Å².